The number of hydrogen-bond donors (Lipinski definition) is 2. The first-order valence-corrected chi connectivity index (χ1v) is 5.37. The lowest BCUT2D eigenvalue weighted by Gasteiger charge is -2.17. The Labute approximate surface area is 104 Å². The summed E-state index contributed by atoms with van der Waals surface area (Å²) >= 11 is 0. The fraction of sp³-hybridized carbons (Fsp3) is 0.154. The summed E-state index contributed by atoms with van der Waals surface area (Å²) in [6.07, 6.45) is 1.22. The summed E-state index contributed by atoms with van der Waals surface area (Å²) in [7, 11) is 1.86. The minimum atomic E-state index is -1.00. The SMILES string of the molecule is CN(Cc1cc(C(=O)O)co1)c1ccc(O)cc1. The average molecular weight is 247 g/mol. The molecule has 18 heavy (non-hydrogen) atoms. The van der Waals surface area contributed by atoms with E-state index < -0.39 is 5.97 Å². The van der Waals surface area contributed by atoms with Gasteiger partial charge in [-0.2, -0.15) is 0 Å². The predicted octanol–water partition coefficient (Wildman–Crippen LogP) is 2.32. The van der Waals surface area contributed by atoms with Crippen molar-refractivity contribution in [3.05, 3.63) is 47.9 Å². The number of rotatable bonds is 4. The van der Waals surface area contributed by atoms with Gasteiger partial charge in [0.15, 0.2) is 0 Å². The molecule has 0 unspecified atom stereocenters. The molecule has 0 aliphatic heterocycles. The quantitative estimate of drug-likeness (QED) is 0.867. The Hall–Kier alpha value is -2.43. The number of carbonyl (C=O) groups is 1. The molecule has 0 spiro atoms. The number of phenolic OH excluding ortho intramolecular Hbond substituents is 1. The summed E-state index contributed by atoms with van der Waals surface area (Å²) in [5.74, 6) is -0.224. The van der Waals surface area contributed by atoms with Crippen LogP contribution in [0, 0.1) is 0 Å². The zero-order chi connectivity index (χ0) is 13.1. The van der Waals surface area contributed by atoms with Gasteiger partial charge < -0.3 is 19.5 Å². The van der Waals surface area contributed by atoms with E-state index in [-0.39, 0.29) is 11.3 Å². The van der Waals surface area contributed by atoms with Gasteiger partial charge in [-0.05, 0) is 30.3 Å². The molecule has 0 radical (unpaired) electrons. The first-order valence-electron chi connectivity index (χ1n) is 5.37. The van der Waals surface area contributed by atoms with Crippen LogP contribution in [0.5, 0.6) is 5.75 Å². The maximum Gasteiger partial charge on any atom is 0.338 e. The molecule has 0 amide bonds. The fourth-order valence-corrected chi connectivity index (χ4v) is 1.61. The van der Waals surface area contributed by atoms with Gasteiger partial charge in [0, 0.05) is 12.7 Å². The van der Waals surface area contributed by atoms with Crippen molar-refractivity contribution in [3.63, 3.8) is 0 Å². The van der Waals surface area contributed by atoms with E-state index >= 15 is 0 Å². The number of phenols is 1. The van der Waals surface area contributed by atoms with Crippen LogP contribution in [0.2, 0.25) is 0 Å². The Balaban J connectivity index is 2.08. The van der Waals surface area contributed by atoms with Gasteiger partial charge in [0.05, 0.1) is 12.1 Å². The summed E-state index contributed by atoms with van der Waals surface area (Å²) in [5.41, 5.74) is 1.05. The summed E-state index contributed by atoms with van der Waals surface area (Å²) < 4.78 is 5.17. The molecule has 0 atom stereocenters. The van der Waals surface area contributed by atoms with Crippen LogP contribution in [0.3, 0.4) is 0 Å². The van der Waals surface area contributed by atoms with Gasteiger partial charge in [-0.25, -0.2) is 4.79 Å². The minimum Gasteiger partial charge on any atom is -0.508 e. The molecular weight excluding hydrogens is 234 g/mol. The Morgan fingerprint density at radius 2 is 2.00 bits per heavy atom. The molecule has 0 saturated heterocycles. The molecule has 2 N–H and O–H groups in total. The smallest absolute Gasteiger partial charge is 0.338 e. The first kappa shape index (κ1) is 12.0. The van der Waals surface area contributed by atoms with E-state index in [1.165, 1.54) is 12.3 Å². The number of nitrogens with zero attached hydrogens (tertiary/aromatic N) is 1. The van der Waals surface area contributed by atoms with Gasteiger partial charge in [-0.3, -0.25) is 0 Å². The molecule has 0 fully saturated rings. The monoisotopic (exact) mass is 247 g/mol. The number of carboxylic acid groups (broad SMARTS) is 1. The molecule has 5 heteroatoms. The van der Waals surface area contributed by atoms with Crippen LogP contribution in [-0.2, 0) is 6.54 Å². The van der Waals surface area contributed by atoms with Crippen molar-refractivity contribution in [2.24, 2.45) is 0 Å². The summed E-state index contributed by atoms with van der Waals surface area (Å²) in [6.45, 7) is 0.456. The van der Waals surface area contributed by atoms with E-state index in [1.54, 1.807) is 24.3 Å². The van der Waals surface area contributed by atoms with Crippen LogP contribution < -0.4 is 4.90 Å². The standard InChI is InChI=1S/C13H13NO4/c1-14(10-2-4-11(15)5-3-10)7-12-6-9(8-18-12)13(16)17/h2-6,8,15H,7H2,1H3,(H,16,17). The third-order valence-corrected chi connectivity index (χ3v) is 2.58. The topological polar surface area (TPSA) is 73.9 Å². The molecular formula is C13H13NO4. The van der Waals surface area contributed by atoms with Crippen LogP contribution in [0.25, 0.3) is 0 Å². The number of furan rings is 1. The zero-order valence-electron chi connectivity index (χ0n) is 9.83. The van der Waals surface area contributed by atoms with Crippen LogP contribution in [0.4, 0.5) is 5.69 Å². The second kappa shape index (κ2) is 4.83. The molecule has 0 bridgehead atoms. The summed E-state index contributed by atoms with van der Waals surface area (Å²) in [6, 6.07) is 8.24. The number of carboxylic acids is 1. The van der Waals surface area contributed by atoms with E-state index in [4.69, 9.17) is 9.52 Å². The molecule has 1 aromatic carbocycles. The second-order valence-electron chi connectivity index (χ2n) is 3.98. The molecule has 5 nitrogen and oxygen atoms in total. The lowest BCUT2D eigenvalue weighted by Crippen LogP contribution is -2.15. The highest BCUT2D eigenvalue weighted by Crippen LogP contribution is 2.19. The fourth-order valence-electron chi connectivity index (χ4n) is 1.61. The Morgan fingerprint density at radius 1 is 1.33 bits per heavy atom. The summed E-state index contributed by atoms with van der Waals surface area (Å²) in [5, 5.41) is 18.0. The average Bonchev–Trinajstić information content (AvgIpc) is 2.78. The highest BCUT2D eigenvalue weighted by Gasteiger charge is 2.10. The third kappa shape index (κ3) is 2.63. The first-order chi connectivity index (χ1) is 8.56. The molecule has 2 rings (SSSR count). The minimum absolute atomic E-state index is 0.143. The van der Waals surface area contributed by atoms with E-state index in [0.29, 0.717) is 12.3 Å². The van der Waals surface area contributed by atoms with Crippen LogP contribution in [0.1, 0.15) is 16.1 Å². The van der Waals surface area contributed by atoms with Crippen molar-refractivity contribution < 1.29 is 19.4 Å². The van der Waals surface area contributed by atoms with E-state index in [9.17, 15) is 9.90 Å². The lowest BCUT2D eigenvalue weighted by atomic mass is 10.2. The van der Waals surface area contributed by atoms with Crippen molar-refractivity contribution >= 4 is 11.7 Å². The molecule has 0 saturated carbocycles. The zero-order valence-corrected chi connectivity index (χ0v) is 9.83. The number of aromatic hydroxyl groups is 1. The molecule has 1 heterocycles. The van der Waals surface area contributed by atoms with Crippen LogP contribution in [0.15, 0.2) is 41.0 Å². The van der Waals surface area contributed by atoms with E-state index in [0.717, 1.165) is 5.69 Å². The largest absolute Gasteiger partial charge is 0.508 e. The van der Waals surface area contributed by atoms with Crippen molar-refractivity contribution in [2.45, 2.75) is 6.54 Å². The normalized spacial score (nSPS) is 10.3. The third-order valence-electron chi connectivity index (χ3n) is 2.58. The lowest BCUT2D eigenvalue weighted by molar-refractivity contribution is 0.0696. The van der Waals surface area contributed by atoms with Crippen molar-refractivity contribution in [1.82, 2.24) is 0 Å². The molecule has 0 aliphatic rings. The summed E-state index contributed by atoms with van der Waals surface area (Å²) in [4.78, 5) is 12.6. The van der Waals surface area contributed by atoms with Gasteiger partial charge in [0.25, 0.3) is 0 Å². The predicted molar refractivity (Wildman–Crippen MR) is 65.9 cm³/mol. The van der Waals surface area contributed by atoms with Gasteiger partial charge >= 0.3 is 5.97 Å². The number of aromatic carboxylic acids is 1. The number of benzene rings is 1. The molecule has 0 aliphatic carbocycles. The van der Waals surface area contributed by atoms with E-state index in [1.807, 2.05) is 11.9 Å². The molecule has 1 aromatic heterocycles. The second-order valence-corrected chi connectivity index (χ2v) is 3.98. The molecule has 94 valence electrons. The van der Waals surface area contributed by atoms with E-state index in [2.05, 4.69) is 0 Å². The highest BCUT2D eigenvalue weighted by molar-refractivity contribution is 5.87. The molecule has 2 aromatic rings. The van der Waals surface area contributed by atoms with Crippen molar-refractivity contribution in [2.75, 3.05) is 11.9 Å². The number of anilines is 1. The number of hydrogen-bond acceptors (Lipinski definition) is 4. The maximum atomic E-state index is 10.7. The van der Waals surface area contributed by atoms with Crippen molar-refractivity contribution in [1.29, 1.82) is 0 Å². The van der Waals surface area contributed by atoms with Crippen LogP contribution >= 0.6 is 0 Å². The maximum absolute atomic E-state index is 10.7. The van der Waals surface area contributed by atoms with Gasteiger partial charge in [-0.1, -0.05) is 0 Å². The Morgan fingerprint density at radius 3 is 2.56 bits per heavy atom. The van der Waals surface area contributed by atoms with Gasteiger partial charge in [0.1, 0.15) is 17.8 Å². The van der Waals surface area contributed by atoms with Crippen LogP contribution in [-0.4, -0.2) is 23.2 Å². The Bertz CT molecular complexity index is 544. The van der Waals surface area contributed by atoms with Gasteiger partial charge in [0.2, 0.25) is 0 Å². The highest BCUT2D eigenvalue weighted by atomic mass is 16.4. The Kier molecular flexibility index (Phi) is 3.23. The van der Waals surface area contributed by atoms with Crippen molar-refractivity contribution in [3.8, 4) is 5.75 Å². The van der Waals surface area contributed by atoms with Gasteiger partial charge in [-0.15, -0.1) is 0 Å².